The highest BCUT2D eigenvalue weighted by Crippen LogP contribution is 2.15. The zero-order chi connectivity index (χ0) is 13.8. The van der Waals surface area contributed by atoms with Crippen LogP contribution in [0.5, 0.6) is 0 Å². The molecule has 0 fully saturated rings. The number of carbonyl (C=O) groups is 1. The first-order valence-electron chi connectivity index (χ1n) is 6.40. The number of aromatic nitrogens is 2. The third kappa shape index (κ3) is 3.10. The number of aryl methyl sites for hydroxylation is 2. The van der Waals surface area contributed by atoms with E-state index < -0.39 is 5.54 Å². The molecule has 0 aliphatic carbocycles. The Balaban J connectivity index is 2.72. The van der Waals surface area contributed by atoms with Crippen molar-refractivity contribution < 1.29 is 9.90 Å². The molecule has 1 aromatic heterocycles. The third-order valence-electron chi connectivity index (χ3n) is 3.68. The summed E-state index contributed by atoms with van der Waals surface area (Å²) in [4.78, 5) is 12.0. The van der Waals surface area contributed by atoms with Crippen LogP contribution in [0.2, 0.25) is 0 Å². The average molecular weight is 253 g/mol. The Morgan fingerprint density at radius 2 is 2.00 bits per heavy atom. The summed E-state index contributed by atoms with van der Waals surface area (Å²) in [5, 5.41) is 19.3. The molecule has 3 N–H and O–H groups in total. The van der Waals surface area contributed by atoms with E-state index in [1.165, 1.54) is 0 Å². The van der Waals surface area contributed by atoms with Gasteiger partial charge in [0.15, 0.2) is 0 Å². The summed E-state index contributed by atoms with van der Waals surface area (Å²) in [5.41, 5.74) is 2.21. The number of aromatic amines is 1. The van der Waals surface area contributed by atoms with E-state index in [-0.39, 0.29) is 12.5 Å². The van der Waals surface area contributed by atoms with Crippen molar-refractivity contribution in [1.82, 2.24) is 15.5 Å². The third-order valence-corrected chi connectivity index (χ3v) is 3.68. The van der Waals surface area contributed by atoms with Crippen LogP contribution in [0.4, 0.5) is 0 Å². The van der Waals surface area contributed by atoms with Gasteiger partial charge >= 0.3 is 0 Å². The highest BCUT2D eigenvalue weighted by Gasteiger charge is 2.27. The minimum atomic E-state index is -0.497. The number of nitrogens with zero attached hydrogens (tertiary/aromatic N) is 1. The van der Waals surface area contributed by atoms with Gasteiger partial charge in [-0.2, -0.15) is 5.10 Å². The molecule has 0 saturated carbocycles. The molecule has 0 atom stereocenters. The van der Waals surface area contributed by atoms with Crippen LogP contribution in [-0.2, 0) is 11.2 Å². The summed E-state index contributed by atoms with van der Waals surface area (Å²) in [6, 6.07) is 0. The number of aliphatic hydroxyl groups is 1. The van der Waals surface area contributed by atoms with Gasteiger partial charge in [-0.05, 0) is 26.7 Å². The summed E-state index contributed by atoms with van der Waals surface area (Å²) in [5.74, 6) is -0.0691. The minimum Gasteiger partial charge on any atom is -0.394 e. The molecular formula is C13H23N3O2. The molecule has 0 aromatic carbocycles. The van der Waals surface area contributed by atoms with Crippen molar-refractivity contribution in [3.8, 4) is 0 Å². The van der Waals surface area contributed by atoms with Crippen LogP contribution in [0.25, 0.3) is 0 Å². The van der Waals surface area contributed by atoms with E-state index in [2.05, 4.69) is 15.5 Å². The lowest BCUT2D eigenvalue weighted by Gasteiger charge is -2.30. The maximum atomic E-state index is 12.0. The predicted molar refractivity (Wildman–Crippen MR) is 70.3 cm³/mol. The van der Waals surface area contributed by atoms with E-state index in [9.17, 15) is 9.90 Å². The molecule has 1 amide bonds. The van der Waals surface area contributed by atoms with Crippen molar-refractivity contribution in [3.63, 3.8) is 0 Å². The van der Waals surface area contributed by atoms with Crippen LogP contribution in [0.15, 0.2) is 0 Å². The predicted octanol–water partition coefficient (Wildman–Crippen LogP) is 1.24. The van der Waals surface area contributed by atoms with Gasteiger partial charge in [-0.1, -0.05) is 13.8 Å². The Morgan fingerprint density at radius 1 is 1.39 bits per heavy atom. The van der Waals surface area contributed by atoms with E-state index in [1.54, 1.807) is 0 Å². The second kappa shape index (κ2) is 6.00. The van der Waals surface area contributed by atoms with Gasteiger partial charge in [0.05, 0.1) is 24.3 Å². The first-order chi connectivity index (χ1) is 8.48. The Kier molecular flexibility index (Phi) is 4.90. The number of hydrogen-bond acceptors (Lipinski definition) is 3. The zero-order valence-corrected chi connectivity index (χ0v) is 11.6. The van der Waals surface area contributed by atoms with Crippen molar-refractivity contribution in [3.05, 3.63) is 17.0 Å². The summed E-state index contributed by atoms with van der Waals surface area (Å²) in [6.07, 6.45) is 1.74. The number of H-pyrrole nitrogens is 1. The highest BCUT2D eigenvalue weighted by molar-refractivity contribution is 5.79. The van der Waals surface area contributed by atoms with Crippen LogP contribution in [0.1, 0.15) is 43.6 Å². The number of amides is 1. The molecule has 0 bridgehead atoms. The lowest BCUT2D eigenvalue weighted by molar-refractivity contribution is -0.123. The van der Waals surface area contributed by atoms with Crippen molar-refractivity contribution in [1.29, 1.82) is 0 Å². The summed E-state index contributed by atoms with van der Waals surface area (Å²) in [6.45, 7) is 7.68. The van der Waals surface area contributed by atoms with E-state index >= 15 is 0 Å². The second-order valence-electron chi connectivity index (χ2n) is 4.78. The molecule has 1 rings (SSSR count). The van der Waals surface area contributed by atoms with Gasteiger partial charge in [0, 0.05) is 11.3 Å². The van der Waals surface area contributed by atoms with Crippen molar-refractivity contribution in [2.75, 3.05) is 6.61 Å². The van der Waals surface area contributed by atoms with Gasteiger partial charge in [-0.25, -0.2) is 0 Å². The molecular weight excluding hydrogens is 230 g/mol. The molecule has 1 aromatic rings. The fourth-order valence-electron chi connectivity index (χ4n) is 2.02. The van der Waals surface area contributed by atoms with Gasteiger partial charge in [0.2, 0.25) is 5.91 Å². The lowest BCUT2D eigenvalue weighted by Crippen LogP contribution is -2.51. The molecule has 1 heterocycles. The number of aliphatic hydroxyl groups excluding tert-OH is 1. The van der Waals surface area contributed by atoms with Crippen molar-refractivity contribution in [2.24, 2.45) is 0 Å². The number of nitrogens with one attached hydrogen (secondary N) is 2. The maximum absolute atomic E-state index is 12.0. The van der Waals surface area contributed by atoms with Gasteiger partial charge in [-0.3, -0.25) is 9.89 Å². The van der Waals surface area contributed by atoms with Crippen LogP contribution in [-0.4, -0.2) is 33.4 Å². The molecule has 0 spiro atoms. The largest absolute Gasteiger partial charge is 0.394 e. The molecule has 0 aliphatic rings. The summed E-state index contributed by atoms with van der Waals surface area (Å²) >= 11 is 0. The summed E-state index contributed by atoms with van der Waals surface area (Å²) in [7, 11) is 0. The zero-order valence-electron chi connectivity index (χ0n) is 11.6. The number of hydrogen-bond donors (Lipinski definition) is 3. The molecule has 5 nitrogen and oxygen atoms in total. The Morgan fingerprint density at radius 3 is 2.39 bits per heavy atom. The van der Waals surface area contributed by atoms with E-state index in [0.29, 0.717) is 6.42 Å². The number of carbonyl (C=O) groups excluding carboxylic acids is 1. The van der Waals surface area contributed by atoms with Gasteiger partial charge in [-0.15, -0.1) is 0 Å². The van der Waals surface area contributed by atoms with Crippen LogP contribution in [0.3, 0.4) is 0 Å². The minimum absolute atomic E-state index is 0.0326. The van der Waals surface area contributed by atoms with Crippen LogP contribution < -0.4 is 5.32 Å². The molecule has 0 aliphatic heterocycles. The number of rotatable bonds is 6. The average Bonchev–Trinajstić information content (AvgIpc) is 2.68. The molecule has 5 heteroatoms. The highest BCUT2D eigenvalue weighted by atomic mass is 16.3. The molecule has 18 heavy (non-hydrogen) atoms. The Labute approximate surface area is 108 Å². The monoisotopic (exact) mass is 253 g/mol. The van der Waals surface area contributed by atoms with Gasteiger partial charge in [0.1, 0.15) is 0 Å². The van der Waals surface area contributed by atoms with E-state index in [0.717, 1.165) is 29.8 Å². The molecule has 0 unspecified atom stereocenters. The maximum Gasteiger partial charge on any atom is 0.225 e. The quantitative estimate of drug-likeness (QED) is 0.713. The topological polar surface area (TPSA) is 78.0 Å². The fourth-order valence-corrected chi connectivity index (χ4v) is 2.02. The standard InChI is InChI=1S/C13H23N3O2/c1-5-13(6-2,8-17)14-12(18)7-11-9(3)15-16-10(11)4/h17H,5-8H2,1-4H3,(H,14,18)(H,15,16). The Bertz CT molecular complexity index is 381. The summed E-state index contributed by atoms with van der Waals surface area (Å²) < 4.78 is 0. The Hall–Kier alpha value is -1.36. The smallest absolute Gasteiger partial charge is 0.225 e. The molecule has 102 valence electrons. The first kappa shape index (κ1) is 14.7. The van der Waals surface area contributed by atoms with E-state index in [1.807, 2.05) is 27.7 Å². The first-order valence-corrected chi connectivity index (χ1v) is 6.40. The van der Waals surface area contributed by atoms with Gasteiger partial charge in [0.25, 0.3) is 0 Å². The van der Waals surface area contributed by atoms with E-state index in [4.69, 9.17) is 0 Å². The van der Waals surface area contributed by atoms with Gasteiger partial charge < -0.3 is 10.4 Å². The normalized spacial score (nSPS) is 11.6. The SMILES string of the molecule is CCC(CC)(CO)NC(=O)Cc1c(C)n[nH]c1C. The second-order valence-corrected chi connectivity index (χ2v) is 4.78. The molecule has 0 saturated heterocycles. The van der Waals surface area contributed by atoms with Crippen LogP contribution >= 0.6 is 0 Å². The fraction of sp³-hybridized carbons (Fsp3) is 0.692. The van der Waals surface area contributed by atoms with Crippen molar-refractivity contribution >= 4 is 5.91 Å². The molecule has 0 radical (unpaired) electrons. The van der Waals surface area contributed by atoms with Crippen molar-refractivity contribution in [2.45, 2.75) is 52.5 Å². The lowest BCUT2D eigenvalue weighted by atomic mass is 9.93. The van der Waals surface area contributed by atoms with Crippen LogP contribution in [0, 0.1) is 13.8 Å².